The highest BCUT2D eigenvalue weighted by atomic mass is 16.5. The molecule has 0 aliphatic carbocycles. The highest BCUT2D eigenvalue weighted by Crippen LogP contribution is 2.41. The molecule has 1 amide bonds. The zero-order valence-corrected chi connectivity index (χ0v) is 14.2. The number of carbonyl (C=O) groups excluding carboxylic acids is 1. The first-order valence-corrected chi connectivity index (χ1v) is 9.10. The predicted octanol–water partition coefficient (Wildman–Crippen LogP) is 1.44. The molecule has 1 aromatic heterocycles. The standard InChI is InChI=1S/C18H26N4O2/c23-17(16-11-19-5-6-20-16)22-8-3-18(4-9-22)2-7-21(14-18)12-15-1-10-24-13-15/h5-6,11,15H,1-4,7-10,12-14H2/t15-/m1/s1. The molecule has 0 unspecified atom stereocenters. The van der Waals surface area contributed by atoms with Gasteiger partial charge >= 0.3 is 0 Å². The Bertz CT molecular complexity index is 566. The van der Waals surface area contributed by atoms with E-state index >= 15 is 0 Å². The number of aromatic nitrogens is 2. The van der Waals surface area contributed by atoms with Crippen LogP contribution in [0.1, 0.15) is 36.2 Å². The molecule has 1 atom stereocenters. The van der Waals surface area contributed by atoms with Crippen molar-refractivity contribution >= 4 is 5.91 Å². The number of hydrogen-bond donors (Lipinski definition) is 0. The lowest BCUT2D eigenvalue weighted by Gasteiger charge is -2.39. The molecule has 0 bridgehead atoms. The fraction of sp³-hybridized carbons (Fsp3) is 0.722. The molecule has 6 heteroatoms. The molecule has 0 N–H and O–H groups in total. The molecule has 1 aromatic rings. The molecular weight excluding hydrogens is 304 g/mol. The van der Waals surface area contributed by atoms with Crippen LogP contribution >= 0.6 is 0 Å². The van der Waals surface area contributed by atoms with Crippen LogP contribution in [0.15, 0.2) is 18.6 Å². The van der Waals surface area contributed by atoms with Crippen LogP contribution in [0.3, 0.4) is 0 Å². The SMILES string of the molecule is O=C(c1cnccn1)N1CCC2(CCN(C[C@H]3CCOC3)C2)CC1. The van der Waals surface area contributed by atoms with Gasteiger partial charge in [-0.3, -0.25) is 9.78 Å². The van der Waals surface area contributed by atoms with Crippen LogP contribution in [0.2, 0.25) is 0 Å². The maximum Gasteiger partial charge on any atom is 0.274 e. The molecule has 0 aromatic carbocycles. The second kappa shape index (κ2) is 6.76. The Kier molecular flexibility index (Phi) is 4.50. The van der Waals surface area contributed by atoms with Gasteiger partial charge in [0, 0.05) is 45.2 Å². The monoisotopic (exact) mass is 330 g/mol. The number of carbonyl (C=O) groups is 1. The van der Waals surface area contributed by atoms with E-state index in [4.69, 9.17) is 4.74 Å². The zero-order chi connectivity index (χ0) is 16.4. The number of ether oxygens (including phenoxy) is 1. The van der Waals surface area contributed by atoms with Crippen molar-refractivity contribution in [2.75, 3.05) is 45.9 Å². The predicted molar refractivity (Wildman–Crippen MR) is 89.6 cm³/mol. The number of hydrogen-bond acceptors (Lipinski definition) is 5. The fourth-order valence-corrected chi connectivity index (χ4v) is 4.44. The number of piperidine rings is 1. The zero-order valence-electron chi connectivity index (χ0n) is 14.2. The second-order valence-electron chi connectivity index (χ2n) is 7.60. The van der Waals surface area contributed by atoms with Crippen molar-refractivity contribution in [1.82, 2.24) is 19.8 Å². The lowest BCUT2D eigenvalue weighted by Crippen LogP contribution is -2.44. The van der Waals surface area contributed by atoms with Gasteiger partial charge in [0.1, 0.15) is 5.69 Å². The highest BCUT2D eigenvalue weighted by Gasteiger charge is 2.42. The summed E-state index contributed by atoms with van der Waals surface area (Å²) < 4.78 is 5.50. The van der Waals surface area contributed by atoms with E-state index in [-0.39, 0.29) is 5.91 Å². The largest absolute Gasteiger partial charge is 0.381 e. The summed E-state index contributed by atoms with van der Waals surface area (Å²) in [4.78, 5) is 25.2. The highest BCUT2D eigenvalue weighted by molar-refractivity contribution is 5.92. The normalized spacial score (nSPS) is 27.0. The smallest absolute Gasteiger partial charge is 0.274 e. The van der Waals surface area contributed by atoms with Crippen molar-refractivity contribution in [3.8, 4) is 0 Å². The maximum atomic E-state index is 12.5. The van der Waals surface area contributed by atoms with Crippen molar-refractivity contribution in [2.24, 2.45) is 11.3 Å². The first kappa shape index (κ1) is 16.0. The molecule has 130 valence electrons. The Morgan fingerprint density at radius 1 is 1.25 bits per heavy atom. The van der Waals surface area contributed by atoms with Crippen LogP contribution in [-0.4, -0.2) is 71.6 Å². The van der Waals surface area contributed by atoms with Gasteiger partial charge in [0.15, 0.2) is 0 Å². The van der Waals surface area contributed by atoms with Crippen LogP contribution < -0.4 is 0 Å². The van der Waals surface area contributed by atoms with Crippen LogP contribution in [-0.2, 0) is 4.74 Å². The molecule has 3 aliphatic rings. The minimum atomic E-state index is 0.0240. The lowest BCUT2D eigenvalue weighted by atomic mass is 9.77. The maximum absolute atomic E-state index is 12.5. The third-order valence-corrected chi connectivity index (χ3v) is 5.95. The van der Waals surface area contributed by atoms with Crippen molar-refractivity contribution < 1.29 is 9.53 Å². The Labute approximate surface area is 143 Å². The van der Waals surface area contributed by atoms with Gasteiger partial charge in [0.25, 0.3) is 5.91 Å². The summed E-state index contributed by atoms with van der Waals surface area (Å²) in [5.41, 5.74) is 0.876. The van der Waals surface area contributed by atoms with Crippen LogP contribution in [0.5, 0.6) is 0 Å². The number of nitrogens with zero attached hydrogens (tertiary/aromatic N) is 4. The summed E-state index contributed by atoms with van der Waals surface area (Å²) in [6.45, 7) is 7.13. The fourth-order valence-electron chi connectivity index (χ4n) is 4.44. The summed E-state index contributed by atoms with van der Waals surface area (Å²) in [6, 6.07) is 0. The molecule has 0 radical (unpaired) electrons. The first-order chi connectivity index (χ1) is 11.7. The number of likely N-dealkylation sites (tertiary alicyclic amines) is 2. The van der Waals surface area contributed by atoms with Gasteiger partial charge in [-0.1, -0.05) is 0 Å². The molecule has 3 aliphatic heterocycles. The van der Waals surface area contributed by atoms with Crippen LogP contribution in [0.4, 0.5) is 0 Å². The summed E-state index contributed by atoms with van der Waals surface area (Å²) in [5.74, 6) is 0.745. The molecular formula is C18H26N4O2. The lowest BCUT2D eigenvalue weighted by molar-refractivity contribution is 0.0579. The van der Waals surface area contributed by atoms with Gasteiger partial charge in [-0.15, -0.1) is 0 Å². The number of amides is 1. The Hall–Kier alpha value is -1.53. The third-order valence-electron chi connectivity index (χ3n) is 5.95. The van der Waals surface area contributed by atoms with Gasteiger partial charge in [-0.25, -0.2) is 4.98 Å². The molecule has 3 saturated heterocycles. The van der Waals surface area contributed by atoms with E-state index in [9.17, 15) is 4.79 Å². The molecule has 4 rings (SSSR count). The quantitative estimate of drug-likeness (QED) is 0.839. The van der Waals surface area contributed by atoms with Crippen molar-refractivity contribution in [1.29, 1.82) is 0 Å². The van der Waals surface area contributed by atoms with Gasteiger partial charge in [0.05, 0.1) is 12.8 Å². The molecule has 4 heterocycles. The topological polar surface area (TPSA) is 58.6 Å². The molecule has 24 heavy (non-hydrogen) atoms. The Morgan fingerprint density at radius 3 is 2.79 bits per heavy atom. The minimum Gasteiger partial charge on any atom is -0.381 e. The third kappa shape index (κ3) is 3.30. The van der Waals surface area contributed by atoms with E-state index in [1.165, 1.54) is 32.5 Å². The minimum absolute atomic E-state index is 0.0240. The average Bonchev–Trinajstić information content (AvgIpc) is 3.27. The summed E-state index contributed by atoms with van der Waals surface area (Å²) in [6.07, 6.45) is 9.45. The van der Waals surface area contributed by atoms with E-state index in [2.05, 4.69) is 14.9 Å². The molecule has 1 spiro atoms. The number of rotatable bonds is 3. The second-order valence-corrected chi connectivity index (χ2v) is 7.60. The summed E-state index contributed by atoms with van der Waals surface area (Å²) in [5, 5.41) is 0. The van der Waals surface area contributed by atoms with Crippen molar-refractivity contribution in [2.45, 2.75) is 25.7 Å². The first-order valence-electron chi connectivity index (χ1n) is 9.10. The van der Waals surface area contributed by atoms with Gasteiger partial charge in [-0.2, -0.15) is 0 Å². The van der Waals surface area contributed by atoms with E-state index in [0.29, 0.717) is 11.1 Å². The summed E-state index contributed by atoms with van der Waals surface area (Å²) >= 11 is 0. The molecule has 3 fully saturated rings. The van der Waals surface area contributed by atoms with E-state index in [0.717, 1.165) is 45.1 Å². The summed E-state index contributed by atoms with van der Waals surface area (Å²) in [7, 11) is 0. The Morgan fingerprint density at radius 2 is 2.08 bits per heavy atom. The van der Waals surface area contributed by atoms with Gasteiger partial charge < -0.3 is 14.5 Å². The van der Waals surface area contributed by atoms with E-state index in [1.807, 2.05) is 4.90 Å². The molecule has 6 nitrogen and oxygen atoms in total. The van der Waals surface area contributed by atoms with Crippen molar-refractivity contribution in [3.63, 3.8) is 0 Å². The Balaban J connectivity index is 1.30. The average molecular weight is 330 g/mol. The van der Waals surface area contributed by atoms with Gasteiger partial charge in [-0.05, 0) is 43.6 Å². The van der Waals surface area contributed by atoms with Crippen LogP contribution in [0.25, 0.3) is 0 Å². The van der Waals surface area contributed by atoms with E-state index < -0.39 is 0 Å². The van der Waals surface area contributed by atoms with Crippen LogP contribution in [0, 0.1) is 11.3 Å². The molecule has 0 saturated carbocycles. The van der Waals surface area contributed by atoms with Gasteiger partial charge in [0.2, 0.25) is 0 Å². The van der Waals surface area contributed by atoms with E-state index in [1.54, 1.807) is 18.6 Å². The van der Waals surface area contributed by atoms with Crippen molar-refractivity contribution in [3.05, 3.63) is 24.3 Å².